The van der Waals surface area contributed by atoms with Crippen LogP contribution in [-0.4, -0.2) is 37.1 Å². The Hall–Kier alpha value is -3.51. The van der Waals surface area contributed by atoms with Crippen LogP contribution >= 0.6 is 0 Å². The molecule has 0 radical (unpaired) electrons. The van der Waals surface area contributed by atoms with Crippen LogP contribution in [0.1, 0.15) is 24.4 Å². The Bertz CT molecular complexity index is 1090. The molecular formula is C26H26N2O4. The predicted octanol–water partition coefficient (Wildman–Crippen LogP) is 5.03. The van der Waals surface area contributed by atoms with E-state index < -0.39 is 0 Å². The molecular weight excluding hydrogens is 404 g/mol. The summed E-state index contributed by atoms with van der Waals surface area (Å²) in [6.45, 7) is 2.35. The lowest BCUT2D eigenvalue weighted by molar-refractivity contribution is -0.117. The lowest BCUT2D eigenvalue weighted by atomic mass is 10.0. The zero-order valence-electron chi connectivity index (χ0n) is 17.8. The summed E-state index contributed by atoms with van der Waals surface area (Å²) in [7, 11) is 0. The van der Waals surface area contributed by atoms with Gasteiger partial charge < -0.3 is 19.5 Å². The summed E-state index contributed by atoms with van der Waals surface area (Å²) >= 11 is 0. The van der Waals surface area contributed by atoms with E-state index in [4.69, 9.17) is 14.2 Å². The fourth-order valence-corrected chi connectivity index (χ4v) is 4.31. The Kier molecular flexibility index (Phi) is 5.94. The molecule has 32 heavy (non-hydrogen) atoms. The number of amides is 1. The summed E-state index contributed by atoms with van der Waals surface area (Å²) in [5.74, 6) is 2.87. The molecule has 0 spiro atoms. The number of para-hydroxylation sites is 3. The van der Waals surface area contributed by atoms with Crippen molar-refractivity contribution < 1.29 is 19.0 Å². The highest BCUT2D eigenvalue weighted by Crippen LogP contribution is 2.38. The zero-order chi connectivity index (χ0) is 21.8. The maximum absolute atomic E-state index is 12.9. The summed E-state index contributed by atoms with van der Waals surface area (Å²) in [5, 5.41) is 3.03. The second kappa shape index (κ2) is 9.32. The first-order valence-electron chi connectivity index (χ1n) is 11.0. The van der Waals surface area contributed by atoms with E-state index >= 15 is 0 Å². The number of likely N-dealkylation sites (tertiary alicyclic amines) is 1. The Morgan fingerprint density at radius 3 is 2.62 bits per heavy atom. The van der Waals surface area contributed by atoms with Crippen molar-refractivity contribution in [2.45, 2.75) is 18.9 Å². The first kappa shape index (κ1) is 20.4. The zero-order valence-corrected chi connectivity index (χ0v) is 17.8. The van der Waals surface area contributed by atoms with E-state index in [1.165, 1.54) is 0 Å². The molecule has 1 fully saturated rings. The van der Waals surface area contributed by atoms with Crippen LogP contribution in [0.25, 0.3) is 0 Å². The van der Waals surface area contributed by atoms with E-state index in [0.29, 0.717) is 31.2 Å². The van der Waals surface area contributed by atoms with Crippen LogP contribution in [0.15, 0.2) is 72.8 Å². The molecule has 3 aromatic rings. The number of carbonyl (C=O) groups excluding carboxylic acids is 1. The Morgan fingerprint density at radius 1 is 0.969 bits per heavy atom. The molecule has 0 bridgehead atoms. The first-order chi connectivity index (χ1) is 15.8. The molecule has 5 rings (SSSR count). The van der Waals surface area contributed by atoms with Crippen molar-refractivity contribution in [2.75, 3.05) is 31.6 Å². The average Bonchev–Trinajstić information content (AvgIpc) is 3.28. The van der Waals surface area contributed by atoms with E-state index in [1.807, 2.05) is 60.7 Å². The quantitative estimate of drug-likeness (QED) is 0.595. The molecule has 2 aliphatic heterocycles. The highest BCUT2D eigenvalue weighted by molar-refractivity contribution is 5.93. The van der Waals surface area contributed by atoms with Gasteiger partial charge in [-0.3, -0.25) is 9.69 Å². The number of benzene rings is 3. The lowest BCUT2D eigenvalue weighted by Gasteiger charge is -2.26. The van der Waals surface area contributed by atoms with Crippen LogP contribution in [0.4, 0.5) is 5.69 Å². The molecule has 0 aliphatic carbocycles. The largest absolute Gasteiger partial charge is 0.486 e. The average molecular weight is 431 g/mol. The number of rotatable bonds is 6. The van der Waals surface area contributed by atoms with Crippen LogP contribution in [0.5, 0.6) is 23.0 Å². The third-order valence-corrected chi connectivity index (χ3v) is 5.79. The van der Waals surface area contributed by atoms with Gasteiger partial charge in [0, 0.05) is 6.04 Å². The molecule has 2 aliphatic rings. The molecule has 1 N–H and O–H groups in total. The number of anilines is 1. The van der Waals surface area contributed by atoms with E-state index in [9.17, 15) is 4.79 Å². The second-order valence-corrected chi connectivity index (χ2v) is 7.99. The van der Waals surface area contributed by atoms with Crippen LogP contribution in [0.2, 0.25) is 0 Å². The van der Waals surface area contributed by atoms with E-state index in [0.717, 1.165) is 42.2 Å². The maximum atomic E-state index is 12.9. The molecule has 6 nitrogen and oxygen atoms in total. The van der Waals surface area contributed by atoms with Crippen LogP contribution in [0.3, 0.4) is 0 Å². The van der Waals surface area contributed by atoms with Gasteiger partial charge in [0.15, 0.2) is 17.2 Å². The van der Waals surface area contributed by atoms with Crippen molar-refractivity contribution in [1.29, 1.82) is 0 Å². The summed E-state index contributed by atoms with van der Waals surface area (Å²) in [5.41, 5.74) is 1.82. The molecule has 1 amide bonds. The molecule has 0 saturated carbocycles. The maximum Gasteiger partial charge on any atom is 0.238 e. The molecule has 164 valence electrons. The molecule has 3 aromatic carbocycles. The van der Waals surface area contributed by atoms with Gasteiger partial charge in [-0.25, -0.2) is 0 Å². The number of ether oxygens (including phenoxy) is 3. The minimum atomic E-state index is -0.0569. The van der Waals surface area contributed by atoms with Crippen molar-refractivity contribution in [3.8, 4) is 23.0 Å². The van der Waals surface area contributed by atoms with Crippen LogP contribution in [0, 0.1) is 0 Å². The van der Waals surface area contributed by atoms with Crippen molar-refractivity contribution in [2.24, 2.45) is 0 Å². The molecule has 1 saturated heterocycles. The van der Waals surface area contributed by atoms with Crippen molar-refractivity contribution in [3.05, 3.63) is 78.4 Å². The fourth-order valence-electron chi connectivity index (χ4n) is 4.31. The minimum Gasteiger partial charge on any atom is -0.486 e. The summed E-state index contributed by atoms with van der Waals surface area (Å²) in [6.07, 6.45) is 2.07. The summed E-state index contributed by atoms with van der Waals surface area (Å²) in [6, 6.07) is 23.4. The number of nitrogens with zero attached hydrogens (tertiary/aromatic N) is 1. The lowest BCUT2D eigenvalue weighted by Crippen LogP contribution is -2.33. The van der Waals surface area contributed by atoms with E-state index in [1.54, 1.807) is 0 Å². The Labute approximate surface area is 187 Å². The fraction of sp³-hybridized carbons (Fsp3) is 0.269. The minimum absolute atomic E-state index is 0.0569. The van der Waals surface area contributed by atoms with Crippen molar-refractivity contribution in [3.63, 3.8) is 0 Å². The summed E-state index contributed by atoms with van der Waals surface area (Å²) in [4.78, 5) is 15.2. The molecule has 1 unspecified atom stereocenters. The third kappa shape index (κ3) is 4.55. The van der Waals surface area contributed by atoms with Gasteiger partial charge in [0.25, 0.3) is 0 Å². The third-order valence-electron chi connectivity index (χ3n) is 5.79. The van der Waals surface area contributed by atoms with Gasteiger partial charge in [-0.2, -0.15) is 0 Å². The van der Waals surface area contributed by atoms with Crippen molar-refractivity contribution in [1.82, 2.24) is 4.90 Å². The van der Waals surface area contributed by atoms with E-state index in [2.05, 4.69) is 22.3 Å². The molecule has 6 heteroatoms. The van der Waals surface area contributed by atoms with Gasteiger partial charge in [0.05, 0.1) is 12.2 Å². The Balaban J connectivity index is 1.26. The number of hydrogen-bond donors (Lipinski definition) is 1. The standard InChI is InChI=1S/C26H26N2O4/c29-26(27-21-9-4-5-11-23(21)32-20-7-2-1-3-8-20)18-28-14-6-10-22(28)19-12-13-24-25(17-19)31-16-15-30-24/h1-5,7-9,11-13,17,22H,6,10,14-16,18H2,(H,27,29). The first-order valence-corrected chi connectivity index (χ1v) is 11.0. The van der Waals surface area contributed by atoms with Gasteiger partial charge in [-0.1, -0.05) is 36.4 Å². The summed E-state index contributed by atoms with van der Waals surface area (Å²) < 4.78 is 17.4. The van der Waals surface area contributed by atoms with Crippen LogP contribution in [-0.2, 0) is 4.79 Å². The molecule has 2 heterocycles. The molecule has 1 atom stereocenters. The predicted molar refractivity (Wildman–Crippen MR) is 123 cm³/mol. The number of nitrogens with one attached hydrogen (secondary N) is 1. The van der Waals surface area contributed by atoms with Gasteiger partial charge in [-0.15, -0.1) is 0 Å². The SMILES string of the molecule is O=C(CN1CCCC1c1ccc2c(c1)OCCO2)Nc1ccccc1Oc1ccccc1. The van der Waals surface area contributed by atoms with Gasteiger partial charge in [0.1, 0.15) is 19.0 Å². The highest BCUT2D eigenvalue weighted by atomic mass is 16.6. The number of fused-ring (bicyclic) bond motifs is 1. The van der Waals surface area contributed by atoms with Gasteiger partial charge >= 0.3 is 0 Å². The van der Waals surface area contributed by atoms with E-state index in [-0.39, 0.29) is 11.9 Å². The number of carbonyl (C=O) groups is 1. The smallest absolute Gasteiger partial charge is 0.238 e. The second-order valence-electron chi connectivity index (χ2n) is 7.99. The number of hydrogen-bond acceptors (Lipinski definition) is 5. The molecule has 0 aromatic heterocycles. The topological polar surface area (TPSA) is 60.0 Å². The Morgan fingerprint density at radius 2 is 1.75 bits per heavy atom. The van der Waals surface area contributed by atoms with Crippen LogP contribution < -0.4 is 19.5 Å². The van der Waals surface area contributed by atoms with Gasteiger partial charge in [-0.05, 0) is 61.3 Å². The monoisotopic (exact) mass is 430 g/mol. The highest BCUT2D eigenvalue weighted by Gasteiger charge is 2.29. The van der Waals surface area contributed by atoms with Crippen molar-refractivity contribution >= 4 is 11.6 Å². The van der Waals surface area contributed by atoms with Gasteiger partial charge in [0.2, 0.25) is 5.91 Å². The normalized spacial score (nSPS) is 17.7.